The van der Waals surface area contributed by atoms with Crippen molar-refractivity contribution in [1.29, 1.82) is 0 Å². The van der Waals surface area contributed by atoms with E-state index in [1.807, 2.05) is 0 Å². The van der Waals surface area contributed by atoms with Crippen LogP contribution in [0.3, 0.4) is 0 Å². The molecular weight excluding hydrogens is 270 g/mol. The molecule has 0 radical (unpaired) electrons. The van der Waals surface area contributed by atoms with Gasteiger partial charge >= 0.3 is 5.97 Å². The molecule has 0 spiro atoms. The first-order valence-electron chi connectivity index (χ1n) is 5.90. The van der Waals surface area contributed by atoms with E-state index in [0.717, 1.165) is 0 Å². The van der Waals surface area contributed by atoms with Crippen molar-refractivity contribution in [3.63, 3.8) is 0 Å². The number of benzene rings is 1. The molecule has 0 bridgehead atoms. The zero-order chi connectivity index (χ0) is 14.3. The van der Waals surface area contributed by atoms with Crippen LogP contribution in [0.15, 0.2) is 29.4 Å². The van der Waals surface area contributed by atoms with Crippen molar-refractivity contribution in [2.45, 2.75) is 20.0 Å². The lowest BCUT2D eigenvalue weighted by molar-refractivity contribution is -0.136. The van der Waals surface area contributed by atoms with Gasteiger partial charge in [0.25, 0.3) is 0 Å². The van der Waals surface area contributed by atoms with Gasteiger partial charge in [-0.25, -0.2) is 4.79 Å². The highest BCUT2D eigenvalue weighted by atomic mass is 35.5. The summed E-state index contributed by atoms with van der Waals surface area (Å²) in [6.45, 7) is 4.00. The average molecular weight is 286 g/mol. The van der Waals surface area contributed by atoms with Gasteiger partial charge in [0.2, 0.25) is 0 Å². The third-order valence-electron chi connectivity index (χ3n) is 2.35. The highest BCUT2D eigenvalue weighted by molar-refractivity contribution is 6.38. The number of rotatable bonds is 6. The Morgan fingerprint density at radius 2 is 1.95 bits per heavy atom. The predicted molar refractivity (Wildman–Crippen MR) is 71.7 cm³/mol. The quantitative estimate of drug-likeness (QED) is 0.378. The van der Waals surface area contributed by atoms with Gasteiger partial charge in [0.05, 0.1) is 6.61 Å². The molecule has 1 atom stereocenters. The first kappa shape index (κ1) is 15.5. The molecule has 19 heavy (non-hydrogen) atoms. The molecule has 5 nitrogen and oxygen atoms in total. The Hall–Kier alpha value is -1.59. The number of oxime groups is 1. The molecule has 0 aliphatic carbocycles. The fourth-order valence-corrected chi connectivity index (χ4v) is 1.67. The summed E-state index contributed by atoms with van der Waals surface area (Å²) < 4.78 is 10.3. The molecule has 0 amide bonds. The molecule has 1 N–H and O–H groups in total. The predicted octanol–water partition coefficient (Wildman–Crippen LogP) is 2.81. The number of hydrogen-bond donors (Lipinski definition) is 1. The fraction of sp³-hybridized carbons (Fsp3) is 0.385. The fourth-order valence-electron chi connectivity index (χ4n) is 1.54. The molecule has 1 rings (SSSR count). The van der Waals surface area contributed by atoms with Crippen LogP contribution in [-0.2, 0) is 14.3 Å². The second-order valence-electron chi connectivity index (χ2n) is 3.59. The largest absolute Gasteiger partial charge is 0.461 e. The number of hydrogen-bond acceptors (Lipinski definition) is 5. The van der Waals surface area contributed by atoms with E-state index in [4.69, 9.17) is 26.3 Å². The van der Waals surface area contributed by atoms with Gasteiger partial charge in [0.1, 0.15) is 6.10 Å². The lowest BCUT2D eigenvalue weighted by Gasteiger charge is -2.17. The van der Waals surface area contributed by atoms with Crippen molar-refractivity contribution in [3.8, 4) is 0 Å². The SMILES string of the molecule is CCOC(=O)/C(=N\O)C(OCC)c1ccc(Cl)cc1. The molecule has 1 unspecified atom stereocenters. The van der Waals surface area contributed by atoms with Gasteiger partial charge in [-0.1, -0.05) is 28.9 Å². The van der Waals surface area contributed by atoms with Gasteiger partial charge in [0, 0.05) is 11.6 Å². The summed E-state index contributed by atoms with van der Waals surface area (Å²) in [7, 11) is 0. The normalized spacial score (nSPS) is 13.1. The summed E-state index contributed by atoms with van der Waals surface area (Å²) in [5.41, 5.74) is 0.470. The maximum absolute atomic E-state index is 11.7. The minimum atomic E-state index is -0.786. The highest BCUT2D eigenvalue weighted by Crippen LogP contribution is 2.22. The highest BCUT2D eigenvalue weighted by Gasteiger charge is 2.27. The standard InChI is InChI=1S/C13H16ClNO4/c1-3-18-12(9-5-7-10(14)8-6-9)11(15-17)13(16)19-4-2/h5-8,12,17H,3-4H2,1-2H3/b15-11-. The van der Waals surface area contributed by atoms with Crippen molar-refractivity contribution >= 4 is 23.3 Å². The number of halogens is 1. The second-order valence-corrected chi connectivity index (χ2v) is 4.03. The number of carbonyl (C=O) groups is 1. The van der Waals surface area contributed by atoms with E-state index < -0.39 is 12.1 Å². The van der Waals surface area contributed by atoms with E-state index in [1.165, 1.54) is 0 Å². The molecule has 104 valence electrons. The Morgan fingerprint density at radius 3 is 2.42 bits per heavy atom. The zero-order valence-corrected chi connectivity index (χ0v) is 11.6. The van der Waals surface area contributed by atoms with Crippen LogP contribution >= 0.6 is 11.6 Å². The van der Waals surface area contributed by atoms with Crippen molar-refractivity contribution in [3.05, 3.63) is 34.9 Å². The molecule has 0 saturated carbocycles. The third-order valence-corrected chi connectivity index (χ3v) is 2.60. The number of esters is 1. The van der Waals surface area contributed by atoms with Gasteiger partial charge in [-0.15, -0.1) is 0 Å². The molecule has 0 aliphatic heterocycles. The van der Waals surface area contributed by atoms with Crippen LogP contribution in [0.1, 0.15) is 25.5 Å². The van der Waals surface area contributed by atoms with Gasteiger partial charge in [-0.05, 0) is 31.5 Å². The Morgan fingerprint density at radius 1 is 1.32 bits per heavy atom. The van der Waals surface area contributed by atoms with Crippen LogP contribution in [0, 0.1) is 0 Å². The van der Waals surface area contributed by atoms with E-state index in [1.54, 1.807) is 38.1 Å². The van der Waals surface area contributed by atoms with Crippen LogP contribution in [0.4, 0.5) is 0 Å². The number of ether oxygens (including phenoxy) is 2. The summed E-state index contributed by atoms with van der Waals surface area (Å²) in [5.74, 6) is -0.710. The minimum absolute atomic E-state index is 0.189. The Balaban J connectivity index is 3.04. The Labute approximate surface area is 116 Å². The van der Waals surface area contributed by atoms with E-state index in [-0.39, 0.29) is 12.3 Å². The molecule has 0 aromatic heterocycles. The maximum Gasteiger partial charge on any atom is 0.359 e. The molecule has 6 heteroatoms. The van der Waals surface area contributed by atoms with Crippen molar-refractivity contribution in [2.75, 3.05) is 13.2 Å². The topological polar surface area (TPSA) is 68.1 Å². The van der Waals surface area contributed by atoms with Crippen LogP contribution < -0.4 is 0 Å². The van der Waals surface area contributed by atoms with Crippen LogP contribution in [0.2, 0.25) is 5.02 Å². The van der Waals surface area contributed by atoms with Crippen molar-refractivity contribution < 1.29 is 19.5 Å². The molecule has 1 aromatic carbocycles. The molecule has 0 heterocycles. The van der Waals surface area contributed by atoms with Crippen molar-refractivity contribution in [2.24, 2.45) is 5.16 Å². The Kier molecular flexibility index (Phi) is 6.32. The smallest absolute Gasteiger partial charge is 0.359 e. The molecular formula is C13H16ClNO4. The Bertz CT molecular complexity index is 444. The van der Waals surface area contributed by atoms with E-state index >= 15 is 0 Å². The molecule has 0 fully saturated rings. The average Bonchev–Trinajstić information content (AvgIpc) is 2.40. The van der Waals surface area contributed by atoms with Gasteiger partial charge < -0.3 is 14.7 Å². The molecule has 0 saturated heterocycles. The van der Waals surface area contributed by atoms with Crippen LogP contribution in [0.25, 0.3) is 0 Å². The van der Waals surface area contributed by atoms with Gasteiger partial charge in [-0.2, -0.15) is 0 Å². The number of nitrogens with zero attached hydrogens (tertiary/aromatic N) is 1. The van der Waals surface area contributed by atoms with Gasteiger partial charge in [0.15, 0.2) is 5.71 Å². The summed E-state index contributed by atoms with van der Waals surface area (Å²) >= 11 is 5.81. The summed E-state index contributed by atoms with van der Waals surface area (Å²) in [5, 5.41) is 12.6. The van der Waals surface area contributed by atoms with Crippen LogP contribution in [-0.4, -0.2) is 30.1 Å². The first-order chi connectivity index (χ1) is 9.13. The summed E-state index contributed by atoms with van der Waals surface area (Å²) in [6.07, 6.45) is -0.786. The third kappa shape index (κ3) is 4.22. The van der Waals surface area contributed by atoms with E-state index in [2.05, 4.69) is 5.16 Å². The first-order valence-corrected chi connectivity index (χ1v) is 6.27. The monoisotopic (exact) mass is 285 g/mol. The summed E-state index contributed by atoms with van der Waals surface area (Å²) in [4.78, 5) is 11.7. The lowest BCUT2D eigenvalue weighted by atomic mass is 10.0. The minimum Gasteiger partial charge on any atom is -0.461 e. The molecule has 0 aliphatic rings. The molecule has 1 aromatic rings. The zero-order valence-electron chi connectivity index (χ0n) is 10.8. The summed E-state index contributed by atoms with van der Waals surface area (Å²) in [6, 6.07) is 6.74. The maximum atomic E-state index is 11.7. The van der Waals surface area contributed by atoms with E-state index in [9.17, 15) is 4.79 Å². The van der Waals surface area contributed by atoms with Gasteiger partial charge in [-0.3, -0.25) is 0 Å². The number of carbonyl (C=O) groups excluding carboxylic acids is 1. The second kappa shape index (κ2) is 7.76. The van der Waals surface area contributed by atoms with E-state index in [0.29, 0.717) is 17.2 Å². The van der Waals surface area contributed by atoms with Crippen LogP contribution in [0.5, 0.6) is 0 Å². The van der Waals surface area contributed by atoms with Crippen molar-refractivity contribution in [1.82, 2.24) is 0 Å². The lowest BCUT2D eigenvalue weighted by Crippen LogP contribution is -2.27.